The van der Waals surface area contributed by atoms with E-state index in [9.17, 15) is 13.2 Å². The van der Waals surface area contributed by atoms with Crippen LogP contribution in [0, 0.1) is 0 Å². The molecule has 1 aliphatic rings. The molecule has 6 heteroatoms. The molecule has 2 rings (SSSR count). The third-order valence-corrected chi connectivity index (χ3v) is 5.05. The van der Waals surface area contributed by atoms with Crippen LogP contribution in [-0.4, -0.2) is 30.2 Å². The minimum atomic E-state index is -3.39. The van der Waals surface area contributed by atoms with Crippen LogP contribution < -0.4 is 0 Å². The van der Waals surface area contributed by atoms with Crippen molar-refractivity contribution in [1.29, 1.82) is 0 Å². The van der Waals surface area contributed by atoms with E-state index < -0.39 is 9.84 Å². The van der Waals surface area contributed by atoms with Gasteiger partial charge in [-0.1, -0.05) is 6.92 Å². The van der Waals surface area contributed by atoms with Crippen molar-refractivity contribution in [3.8, 4) is 0 Å². The second kappa shape index (κ2) is 4.60. The van der Waals surface area contributed by atoms with Gasteiger partial charge in [0.2, 0.25) is 0 Å². The Morgan fingerprint density at radius 2 is 2.24 bits per heavy atom. The van der Waals surface area contributed by atoms with E-state index in [4.69, 9.17) is 0 Å². The number of hydrogen-bond acceptors (Lipinski definition) is 4. The minimum Gasteiger partial charge on any atom is -0.298 e. The molecule has 0 radical (unpaired) electrons. The molecule has 0 atom stereocenters. The average molecular weight is 256 g/mol. The summed E-state index contributed by atoms with van der Waals surface area (Å²) in [6, 6.07) is 0.144. The van der Waals surface area contributed by atoms with Crippen molar-refractivity contribution < 1.29 is 13.2 Å². The topological polar surface area (TPSA) is 69.0 Å². The number of carbonyl (C=O) groups excluding carboxylic acids is 1. The summed E-state index contributed by atoms with van der Waals surface area (Å²) in [5, 5.41) is 4.17. The van der Waals surface area contributed by atoms with Crippen LogP contribution in [0.25, 0.3) is 0 Å². The van der Waals surface area contributed by atoms with Crippen molar-refractivity contribution >= 4 is 16.1 Å². The number of aromatic nitrogens is 2. The fourth-order valence-corrected chi connectivity index (χ4v) is 3.70. The number of aldehydes is 1. The highest BCUT2D eigenvalue weighted by Crippen LogP contribution is 2.34. The van der Waals surface area contributed by atoms with Gasteiger partial charge in [0.05, 0.1) is 23.6 Å². The number of sulfone groups is 1. The average Bonchev–Trinajstić information content (AvgIpc) is 2.59. The summed E-state index contributed by atoms with van der Waals surface area (Å²) >= 11 is 0. The fraction of sp³-hybridized carbons (Fsp3) is 0.636. The van der Waals surface area contributed by atoms with Crippen LogP contribution in [0.5, 0.6) is 0 Å². The zero-order valence-electron chi connectivity index (χ0n) is 9.80. The molecule has 5 nitrogen and oxygen atoms in total. The summed E-state index contributed by atoms with van der Waals surface area (Å²) in [5.41, 5.74) is 0.186. The predicted molar refractivity (Wildman–Crippen MR) is 62.8 cm³/mol. The highest BCUT2D eigenvalue weighted by atomic mass is 32.2. The third-order valence-electron chi connectivity index (χ3n) is 3.09. The fourth-order valence-electron chi connectivity index (χ4n) is 2.02. The summed E-state index contributed by atoms with van der Waals surface area (Å²) in [6.07, 6.45) is 5.44. The van der Waals surface area contributed by atoms with Gasteiger partial charge in [0.1, 0.15) is 0 Å². The molecule has 0 aromatic carbocycles. The molecule has 17 heavy (non-hydrogen) atoms. The Morgan fingerprint density at radius 1 is 1.53 bits per heavy atom. The van der Waals surface area contributed by atoms with Crippen molar-refractivity contribution in [3.05, 3.63) is 11.8 Å². The number of nitrogens with zero attached hydrogens (tertiary/aromatic N) is 2. The molecule has 0 unspecified atom stereocenters. The largest absolute Gasteiger partial charge is 0.298 e. The van der Waals surface area contributed by atoms with Gasteiger partial charge in [0, 0.05) is 0 Å². The molecule has 1 saturated carbocycles. The second-order valence-corrected chi connectivity index (χ2v) is 6.40. The van der Waals surface area contributed by atoms with E-state index in [1.165, 1.54) is 10.9 Å². The van der Waals surface area contributed by atoms with Gasteiger partial charge < -0.3 is 0 Å². The van der Waals surface area contributed by atoms with Gasteiger partial charge >= 0.3 is 0 Å². The maximum Gasteiger partial charge on any atom is 0.196 e. The summed E-state index contributed by atoms with van der Waals surface area (Å²) in [7, 11) is -3.39. The van der Waals surface area contributed by atoms with Crippen molar-refractivity contribution in [1.82, 2.24) is 9.78 Å². The molecule has 94 valence electrons. The summed E-state index contributed by atoms with van der Waals surface area (Å²) in [5.74, 6) is 0.0618. The Labute approximate surface area is 101 Å². The van der Waals surface area contributed by atoms with Gasteiger partial charge in [-0.05, 0) is 25.7 Å². The van der Waals surface area contributed by atoms with Gasteiger partial charge in [-0.3, -0.25) is 9.48 Å². The number of rotatable bonds is 5. The predicted octanol–water partition coefficient (Wildman–Crippen LogP) is 1.60. The standard InChI is InChI=1S/C11H16N2O3S/c1-2-6-17(15,16)11-9(8-14)7-12-13(11)10-4-3-5-10/h7-8,10H,2-6H2,1H3. The monoisotopic (exact) mass is 256 g/mol. The Balaban J connectivity index is 2.48. The smallest absolute Gasteiger partial charge is 0.196 e. The zero-order chi connectivity index (χ0) is 12.5. The molecule has 0 spiro atoms. The lowest BCUT2D eigenvalue weighted by Gasteiger charge is -2.27. The Morgan fingerprint density at radius 3 is 2.71 bits per heavy atom. The lowest BCUT2D eigenvalue weighted by molar-refractivity contribution is 0.111. The van der Waals surface area contributed by atoms with Crippen molar-refractivity contribution in [3.63, 3.8) is 0 Å². The van der Waals surface area contributed by atoms with Gasteiger partial charge in [-0.25, -0.2) is 8.42 Å². The van der Waals surface area contributed by atoms with E-state index >= 15 is 0 Å². The van der Waals surface area contributed by atoms with Crippen LogP contribution >= 0.6 is 0 Å². The maximum atomic E-state index is 12.1. The van der Waals surface area contributed by atoms with Crippen LogP contribution in [0.15, 0.2) is 11.2 Å². The molecule has 1 fully saturated rings. The second-order valence-electron chi connectivity index (χ2n) is 4.37. The maximum absolute atomic E-state index is 12.1. The molecule has 0 N–H and O–H groups in total. The van der Waals surface area contributed by atoms with Gasteiger partial charge in [-0.15, -0.1) is 0 Å². The summed E-state index contributed by atoms with van der Waals surface area (Å²) < 4.78 is 25.8. The highest BCUT2D eigenvalue weighted by Gasteiger charge is 2.30. The highest BCUT2D eigenvalue weighted by molar-refractivity contribution is 7.91. The molecule has 1 heterocycles. The van der Waals surface area contributed by atoms with Crippen molar-refractivity contribution in [2.24, 2.45) is 0 Å². The Bertz CT molecular complexity index is 515. The normalized spacial score (nSPS) is 16.8. The molecule has 0 saturated heterocycles. The zero-order valence-corrected chi connectivity index (χ0v) is 10.6. The summed E-state index contributed by atoms with van der Waals surface area (Å²) in [6.45, 7) is 1.81. The van der Waals surface area contributed by atoms with Crippen molar-refractivity contribution in [2.45, 2.75) is 43.7 Å². The SMILES string of the molecule is CCCS(=O)(=O)c1c(C=O)cnn1C1CCC1. The molecule has 0 bridgehead atoms. The first-order valence-electron chi connectivity index (χ1n) is 5.85. The quantitative estimate of drug-likeness (QED) is 0.750. The van der Waals surface area contributed by atoms with E-state index in [0.717, 1.165) is 19.3 Å². The minimum absolute atomic E-state index is 0.0618. The molecule has 1 aromatic rings. The third kappa shape index (κ3) is 2.13. The molecule has 0 amide bonds. The molecule has 1 aliphatic carbocycles. The van der Waals surface area contributed by atoms with E-state index in [-0.39, 0.29) is 22.4 Å². The number of hydrogen-bond donors (Lipinski definition) is 0. The van der Waals surface area contributed by atoms with Crippen LogP contribution in [0.4, 0.5) is 0 Å². The van der Waals surface area contributed by atoms with Crippen LogP contribution in [0.3, 0.4) is 0 Å². The van der Waals surface area contributed by atoms with E-state index in [2.05, 4.69) is 5.10 Å². The number of carbonyl (C=O) groups is 1. The first kappa shape index (κ1) is 12.3. The van der Waals surface area contributed by atoms with Gasteiger partial charge in [0.25, 0.3) is 0 Å². The lowest BCUT2D eigenvalue weighted by Crippen LogP contribution is -2.23. The molecule has 0 aliphatic heterocycles. The first-order valence-corrected chi connectivity index (χ1v) is 7.51. The van der Waals surface area contributed by atoms with Gasteiger partial charge in [-0.2, -0.15) is 5.10 Å². The Kier molecular flexibility index (Phi) is 3.33. The van der Waals surface area contributed by atoms with E-state index in [0.29, 0.717) is 12.7 Å². The Hall–Kier alpha value is -1.17. The van der Waals surface area contributed by atoms with Crippen LogP contribution in [0.1, 0.15) is 49.0 Å². The molecule has 1 aromatic heterocycles. The van der Waals surface area contributed by atoms with Crippen molar-refractivity contribution in [2.75, 3.05) is 5.75 Å². The van der Waals surface area contributed by atoms with Crippen LogP contribution in [0.2, 0.25) is 0 Å². The first-order chi connectivity index (χ1) is 8.10. The van der Waals surface area contributed by atoms with Crippen LogP contribution in [-0.2, 0) is 9.84 Å². The summed E-state index contributed by atoms with van der Waals surface area (Å²) in [4.78, 5) is 10.9. The van der Waals surface area contributed by atoms with E-state index in [1.54, 1.807) is 0 Å². The lowest BCUT2D eigenvalue weighted by atomic mass is 9.93. The van der Waals surface area contributed by atoms with E-state index in [1.807, 2.05) is 6.92 Å². The molecular formula is C11H16N2O3S. The van der Waals surface area contributed by atoms with Gasteiger partial charge in [0.15, 0.2) is 21.1 Å². The molecular weight excluding hydrogens is 240 g/mol.